The molecule has 0 radical (unpaired) electrons. The van der Waals surface area contributed by atoms with Crippen molar-refractivity contribution in [2.24, 2.45) is 5.84 Å². The fourth-order valence-electron chi connectivity index (χ4n) is 2.02. The van der Waals surface area contributed by atoms with Gasteiger partial charge in [0.05, 0.1) is 5.52 Å². The molecular formula is C15H13BrN4S. The van der Waals surface area contributed by atoms with Crippen LogP contribution in [0.2, 0.25) is 0 Å². The Labute approximate surface area is 135 Å². The largest absolute Gasteiger partial charge is 0.308 e. The Morgan fingerprint density at radius 3 is 2.86 bits per heavy atom. The fraction of sp³-hybridized carbons (Fsp3) is 0.0667. The molecule has 106 valence electrons. The SMILES string of the molecule is NNc1nc2ccccc2cc1CSc1ncccc1Br. The number of aromatic nitrogens is 2. The number of nitrogens with two attached hydrogens (primary N) is 1. The van der Waals surface area contributed by atoms with E-state index in [-0.39, 0.29) is 0 Å². The molecule has 2 heterocycles. The quantitative estimate of drug-likeness (QED) is 0.418. The molecule has 0 amide bonds. The van der Waals surface area contributed by atoms with Crippen molar-refractivity contribution in [2.45, 2.75) is 10.8 Å². The molecule has 0 saturated heterocycles. The molecular weight excluding hydrogens is 348 g/mol. The molecule has 0 bridgehead atoms. The zero-order chi connectivity index (χ0) is 14.7. The van der Waals surface area contributed by atoms with E-state index in [1.165, 1.54) is 0 Å². The van der Waals surface area contributed by atoms with E-state index in [1.54, 1.807) is 18.0 Å². The van der Waals surface area contributed by atoms with E-state index < -0.39 is 0 Å². The number of halogens is 1. The predicted octanol–water partition coefficient (Wildman–Crippen LogP) is 3.97. The zero-order valence-electron chi connectivity index (χ0n) is 11.1. The number of pyridine rings is 2. The van der Waals surface area contributed by atoms with Gasteiger partial charge in [-0.25, -0.2) is 15.8 Å². The Morgan fingerprint density at radius 1 is 1.19 bits per heavy atom. The molecule has 21 heavy (non-hydrogen) atoms. The average Bonchev–Trinajstić information content (AvgIpc) is 2.53. The highest BCUT2D eigenvalue weighted by Crippen LogP contribution is 2.30. The lowest BCUT2D eigenvalue weighted by atomic mass is 10.1. The smallest absolute Gasteiger partial charge is 0.144 e. The van der Waals surface area contributed by atoms with Crippen LogP contribution in [0.4, 0.5) is 5.82 Å². The second-order valence-electron chi connectivity index (χ2n) is 4.41. The number of rotatable bonds is 4. The van der Waals surface area contributed by atoms with Crippen LogP contribution in [-0.4, -0.2) is 9.97 Å². The van der Waals surface area contributed by atoms with Crippen molar-refractivity contribution in [3.05, 3.63) is 58.7 Å². The van der Waals surface area contributed by atoms with Gasteiger partial charge < -0.3 is 5.43 Å². The maximum Gasteiger partial charge on any atom is 0.144 e. The Hall–Kier alpha value is -1.63. The third kappa shape index (κ3) is 3.18. The lowest BCUT2D eigenvalue weighted by molar-refractivity contribution is 1.11. The first kappa shape index (κ1) is 14.3. The molecule has 1 aromatic carbocycles. The van der Waals surface area contributed by atoms with E-state index in [1.807, 2.05) is 36.4 Å². The molecule has 0 aliphatic rings. The highest BCUT2D eigenvalue weighted by molar-refractivity contribution is 9.10. The predicted molar refractivity (Wildman–Crippen MR) is 91.1 cm³/mol. The summed E-state index contributed by atoms with van der Waals surface area (Å²) in [5.41, 5.74) is 4.67. The van der Waals surface area contributed by atoms with Gasteiger partial charge in [0, 0.05) is 27.4 Å². The fourth-order valence-corrected chi connectivity index (χ4v) is 3.47. The van der Waals surface area contributed by atoms with Crippen molar-refractivity contribution in [1.82, 2.24) is 9.97 Å². The van der Waals surface area contributed by atoms with Crippen molar-refractivity contribution in [2.75, 3.05) is 5.43 Å². The monoisotopic (exact) mass is 360 g/mol. The number of benzene rings is 1. The van der Waals surface area contributed by atoms with Crippen molar-refractivity contribution >= 4 is 44.4 Å². The molecule has 0 spiro atoms. The van der Waals surface area contributed by atoms with Crippen LogP contribution in [0.1, 0.15) is 5.56 Å². The maximum absolute atomic E-state index is 5.59. The normalized spacial score (nSPS) is 10.8. The Balaban J connectivity index is 1.91. The van der Waals surface area contributed by atoms with Gasteiger partial charge in [-0.3, -0.25) is 0 Å². The summed E-state index contributed by atoms with van der Waals surface area (Å²) in [5, 5.41) is 2.06. The topological polar surface area (TPSA) is 63.8 Å². The van der Waals surface area contributed by atoms with Gasteiger partial charge in [-0.05, 0) is 40.2 Å². The molecule has 0 aliphatic heterocycles. The second-order valence-corrected chi connectivity index (χ2v) is 6.23. The van der Waals surface area contributed by atoms with E-state index in [4.69, 9.17) is 5.84 Å². The van der Waals surface area contributed by atoms with Gasteiger partial charge in [0.15, 0.2) is 0 Å². The minimum absolute atomic E-state index is 0.702. The summed E-state index contributed by atoms with van der Waals surface area (Å²) in [5.74, 6) is 7.04. The van der Waals surface area contributed by atoms with Crippen LogP contribution >= 0.6 is 27.7 Å². The number of nitrogens with zero attached hydrogens (tertiary/aromatic N) is 2. The molecule has 3 rings (SSSR count). The molecule has 4 nitrogen and oxygen atoms in total. The van der Waals surface area contributed by atoms with Crippen LogP contribution in [0, 0.1) is 0 Å². The van der Waals surface area contributed by atoms with Crippen LogP contribution in [0.15, 0.2) is 58.2 Å². The first-order valence-corrected chi connectivity index (χ1v) is 8.14. The number of hydrogen-bond acceptors (Lipinski definition) is 5. The Bertz CT molecular complexity index is 778. The standard InChI is InChI=1S/C15H13BrN4S/c16-12-5-3-7-18-15(12)21-9-11-8-10-4-1-2-6-13(10)19-14(11)20-17/h1-8H,9,17H2,(H,19,20). The molecule has 3 aromatic rings. The molecule has 3 N–H and O–H groups in total. The van der Waals surface area contributed by atoms with Crippen molar-refractivity contribution in [3.63, 3.8) is 0 Å². The Morgan fingerprint density at radius 2 is 2.05 bits per heavy atom. The van der Waals surface area contributed by atoms with Crippen LogP contribution in [0.3, 0.4) is 0 Å². The molecule has 0 atom stereocenters. The number of hydrogen-bond donors (Lipinski definition) is 2. The number of nitrogen functional groups attached to an aromatic ring is 1. The number of thioether (sulfide) groups is 1. The van der Waals surface area contributed by atoms with E-state index in [9.17, 15) is 0 Å². The van der Waals surface area contributed by atoms with E-state index in [0.29, 0.717) is 5.82 Å². The van der Waals surface area contributed by atoms with Gasteiger partial charge >= 0.3 is 0 Å². The average molecular weight is 361 g/mol. The summed E-state index contributed by atoms with van der Waals surface area (Å²) in [4.78, 5) is 8.90. The van der Waals surface area contributed by atoms with Crippen molar-refractivity contribution in [1.29, 1.82) is 0 Å². The summed E-state index contributed by atoms with van der Waals surface area (Å²) in [7, 11) is 0. The molecule has 0 aliphatic carbocycles. The van der Waals surface area contributed by atoms with Gasteiger partial charge in [0.2, 0.25) is 0 Å². The van der Waals surface area contributed by atoms with Gasteiger partial charge in [0.1, 0.15) is 10.8 Å². The second kappa shape index (κ2) is 6.43. The minimum Gasteiger partial charge on any atom is -0.308 e. The first-order chi connectivity index (χ1) is 10.3. The summed E-state index contributed by atoms with van der Waals surface area (Å²) in [6.45, 7) is 0. The van der Waals surface area contributed by atoms with E-state index in [2.05, 4.69) is 37.4 Å². The summed E-state index contributed by atoms with van der Waals surface area (Å²) < 4.78 is 0.992. The molecule has 0 unspecified atom stereocenters. The van der Waals surface area contributed by atoms with Gasteiger partial charge in [-0.1, -0.05) is 18.2 Å². The lowest BCUT2D eigenvalue weighted by Gasteiger charge is -2.10. The summed E-state index contributed by atoms with van der Waals surface area (Å²) >= 11 is 5.15. The summed E-state index contributed by atoms with van der Waals surface area (Å²) in [6, 6.07) is 14.0. The van der Waals surface area contributed by atoms with E-state index >= 15 is 0 Å². The number of para-hydroxylation sites is 1. The van der Waals surface area contributed by atoms with Crippen LogP contribution < -0.4 is 11.3 Å². The van der Waals surface area contributed by atoms with E-state index in [0.717, 1.165) is 31.7 Å². The molecule has 0 saturated carbocycles. The van der Waals surface area contributed by atoms with Gasteiger partial charge in [0.25, 0.3) is 0 Å². The minimum atomic E-state index is 0.702. The number of fused-ring (bicyclic) bond motifs is 1. The van der Waals surface area contributed by atoms with Gasteiger partial charge in [-0.2, -0.15) is 0 Å². The van der Waals surface area contributed by atoms with Gasteiger partial charge in [-0.15, -0.1) is 11.8 Å². The van der Waals surface area contributed by atoms with Crippen molar-refractivity contribution in [3.8, 4) is 0 Å². The zero-order valence-corrected chi connectivity index (χ0v) is 13.5. The molecule has 0 fully saturated rings. The number of anilines is 1. The highest BCUT2D eigenvalue weighted by atomic mass is 79.9. The van der Waals surface area contributed by atoms with Crippen LogP contribution in [-0.2, 0) is 5.75 Å². The summed E-state index contributed by atoms with van der Waals surface area (Å²) in [6.07, 6.45) is 1.79. The highest BCUT2D eigenvalue weighted by Gasteiger charge is 2.08. The number of nitrogens with one attached hydrogen (secondary N) is 1. The van der Waals surface area contributed by atoms with Crippen LogP contribution in [0.25, 0.3) is 10.9 Å². The third-order valence-electron chi connectivity index (χ3n) is 3.03. The molecule has 6 heteroatoms. The maximum atomic E-state index is 5.59. The van der Waals surface area contributed by atoms with Crippen molar-refractivity contribution < 1.29 is 0 Å². The number of hydrazine groups is 1. The Kier molecular flexibility index (Phi) is 4.38. The first-order valence-electron chi connectivity index (χ1n) is 6.36. The van der Waals surface area contributed by atoms with Crippen LogP contribution in [0.5, 0.6) is 0 Å². The third-order valence-corrected chi connectivity index (χ3v) is 4.99. The molecule has 2 aromatic heterocycles. The lowest BCUT2D eigenvalue weighted by Crippen LogP contribution is -2.11.